The standard InChI is InChI=1S/C21H20Cl2N2O3/c1-2-28-18-11-24-19(26)10-16(12-4-3-5-13(22)8-12)21(18)15-7-6-14(23)9-17(15)25-20(21)27/h3-9,16,18H,2,10-11H2,1H3,(H,24,26)(H,25,27)/t16-,18-,21-/m0/s1. The first-order chi connectivity index (χ1) is 13.5. The fourth-order valence-corrected chi connectivity index (χ4v) is 4.87. The first-order valence-corrected chi connectivity index (χ1v) is 9.97. The number of nitrogens with one attached hydrogen (secondary N) is 2. The van der Waals surface area contributed by atoms with Crippen molar-refractivity contribution in [2.75, 3.05) is 18.5 Å². The molecule has 28 heavy (non-hydrogen) atoms. The van der Waals surface area contributed by atoms with Crippen molar-refractivity contribution in [3.05, 3.63) is 63.6 Å². The van der Waals surface area contributed by atoms with Crippen LogP contribution in [0.1, 0.15) is 30.4 Å². The maximum Gasteiger partial charge on any atom is 0.238 e. The number of amides is 2. The molecule has 1 fully saturated rings. The Balaban J connectivity index is 1.99. The van der Waals surface area contributed by atoms with Crippen molar-refractivity contribution in [2.24, 2.45) is 0 Å². The fraction of sp³-hybridized carbons (Fsp3) is 0.333. The first kappa shape index (κ1) is 19.2. The Bertz CT molecular complexity index is 949. The molecule has 2 aromatic rings. The monoisotopic (exact) mass is 418 g/mol. The van der Waals surface area contributed by atoms with Gasteiger partial charge in [0.15, 0.2) is 0 Å². The Labute approximate surface area is 173 Å². The maximum absolute atomic E-state index is 13.5. The lowest BCUT2D eigenvalue weighted by molar-refractivity contribution is -0.128. The van der Waals surface area contributed by atoms with E-state index in [1.54, 1.807) is 18.2 Å². The zero-order valence-corrected chi connectivity index (χ0v) is 16.8. The topological polar surface area (TPSA) is 67.4 Å². The summed E-state index contributed by atoms with van der Waals surface area (Å²) in [6.45, 7) is 2.55. The Kier molecular flexibility index (Phi) is 5.08. The zero-order chi connectivity index (χ0) is 19.9. The van der Waals surface area contributed by atoms with Crippen LogP contribution in [0.5, 0.6) is 0 Å². The average Bonchev–Trinajstić information content (AvgIpc) is 2.85. The molecule has 0 radical (unpaired) electrons. The fourth-order valence-electron chi connectivity index (χ4n) is 4.50. The van der Waals surface area contributed by atoms with E-state index >= 15 is 0 Å². The number of halogens is 2. The third-order valence-corrected chi connectivity index (χ3v) is 6.07. The van der Waals surface area contributed by atoms with Gasteiger partial charge >= 0.3 is 0 Å². The van der Waals surface area contributed by atoms with Crippen molar-refractivity contribution in [3.8, 4) is 0 Å². The van der Waals surface area contributed by atoms with E-state index < -0.39 is 17.4 Å². The number of hydrogen-bond acceptors (Lipinski definition) is 3. The average molecular weight is 419 g/mol. The van der Waals surface area contributed by atoms with Crippen molar-refractivity contribution in [1.82, 2.24) is 5.32 Å². The molecular weight excluding hydrogens is 399 g/mol. The van der Waals surface area contributed by atoms with E-state index in [1.165, 1.54) is 0 Å². The summed E-state index contributed by atoms with van der Waals surface area (Å²) in [5.41, 5.74) is 1.21. The van der Waals surface area contributed by atoms with E-state index in [0.717, 1.165) is 11.1 Å². The van der Waals surface area contributed by atoms with E-state index in [4.69, 9.17) is 27.9 Å². The van der Waals surface area contributed by atoms with Gasteiger partial charge in [0, 0.05) is 41.2 Å². The van der Waals surface area contributed by atoms with Gasteiger partial charge in [-0.3, -0.25) is 9.59 Å². The molecular formula is C21H20Cl2N2O3. The molecule has 0 bridgehead atoms. The second-order valence-electron chi connectivity index (χ2n) is 7.07. The summed E-state index contributed by atoms with van der Waals surface area (Å²) in [7, 11) is 0. The molecule has 7 heteroatoms. The van der Waals surface area contributed by atoms with E-state index in [1.807, 2.05) is 31.2 Å². The van der Waals surface area contributed by atoms with Crippen LogP contribution in [-0.4, -0.2) is 31.1 Å². The van der Waals surface area contributed by atoms with Gasteiger partial charge in [-0.25, -0.2) is 0 Å². The van der Waals surface area contributed by atoms with Crippen molar-refractivity contribution in [3.63, 3.8) is 0 Å². The van der Waals surface area contributed by atoms with Crippen molar-refractivity contribution < 1.29 is 14.3 Å². The first-order valence-electron chi connectivity index (χ1n) is 9.22. The SMILES string of the molecule is CCO[C@H]1CNC(=O)C[C@@H](c2cccc(Cl)c2)[C@]12C(=O)Nc1cc(Cl)ccc12. The van der Waals surface area contributed by atoms with Crippen LogP contribution >= 0.6 is 23.2 Å². The van der Waals surface area contributed by atoms with Crippen molar-refractivity contribution in [1.29, 1.82) is 0 Å². The smallest absolute Gasteiger partial charge is 0.238 e. The largest absolute Gasteiger partial charge is 0.375 e. The van der Waals surface area contributed by atoms with Crippen LogP contribution in [0.4, 0.5) is 5.69 Å². The van der Waals surface area contributed by atoms with E-state index in [2.05, 4.69) is 10.6 Å². The lowest BCUT2D eigenvalue weighted by Crippen LogP contribution is -2.53. The van der Waals surface area contributed by atoms with Crippen LogP contribution in [0.25, 0.3) is 0 Å². The lowest BCUT2D eigenvalue weighted by Gasteiger charge is -2.40. The number of ether oxygens (including phenoxy) is 1. The molecule has 2 N–H and O–H groups in total. The summed E-state index contributed by atoms with van der Waals surface area (Å²) in [5, 5.41) is 6.96. The van der Waals surface area contributed by atoms with Gasteiger partial charge in [-0.1, -0.05) is 41.4 Å². The summed E-state index contributed by atoms with van der Waals surface area (Å²) >= 11 is 12.4. The van der Waals surface area contributed by atoms with Crippen LogP contribution in [-0.2, 0) is 19.7 Å². The molecule has 0 aromatic heterocycles. The molecule has 146 valence electrons. The Morgan fingerprint density at radius 3 is 2.68 bits per heavy atom. The molecule has 2 heterocycles. The number of carbonyl (C=O) groups excluding carboxylic acids is 2. The van der Waals surface area contributed by atoms with Crippen molar-refractivity contribution in [2.45, 2.75) is 30.8 Å². The molecule has 1 spiro atoms. The maximum atomic E-state index is 13.5. The summed E-state index contributed by atoms with van der Waals surface area (Å²) in [5.74, 6) is -0.751. The predicted molar refractivity (Wildman–Crippen MR) is 109 cm³/mol. The third kappa shape index (κ3) is 2.98. The van der Waals surface area contributed by atoms with Gasteiger partial charge in [-0.2, -0.15) is 0 Å². The summed E-state index contributed by atoms with van der Waals surface area (Å²) in [4.78, 5) is 26.1. The zero-order valence-electron chi connectivity index (χ0n) is 15.3. The van der Waals surface area contributed by atoms with E-state index in [-0.39, 0.29) is 24.8 Å². The van der Waals surface area contributed by atoms with Crippen molar-refractivity contribution >= 4 is 40.7 Å². The van der Waals surface area contributed by atoms with Gasteiger partial charge in [0.1, 0.15) is 5.41 Å². The van der Waals surface area contributed by atoms with Gasteiger partial charge in [-0.05, 0) is 42.3 Å². The van der Waals surface area contributed by atoms with Crippen LogP contribution in [0, 0.1) is 0 Å². The number of carbonyl (C=O) groups is 2. The van der Waals surface area contributed by atoms with Gasteiger partial charge in [-0.15, -0.1) is 0 Å². The molecule has 2 aromatic carbocycles. The molecule has 3 atom stereocenters. The highest BCUT2D eigenvalue weighted by molar-refractivity contribution is 6.31. The minimum absolute atomic E-state index is 0.123. The number of hydrogen-bond donors (Lipinski definition) is 2. The van der Waals surface area contributed by atoms with Gasteiger partial charge in [0.25, 0.3) is 0 Å². The number of fused-ring (bicyclic) bond motifs is 2. The Hall–Kier alpha value is -2.08. The molecule has 1 saturated heterocycles. The van der Waals surface area contributed by atoms with E-state index in [0.29, 0.717) is 22.3 Å². The highest BCUT2D eigenvalue weighted by Crippen LogP contribution is 2.53. The lowest BCUT2D eigenvalue weighted by atomic mass is 9.64. The molecule has 2 aliphatic rings. The molecule has 0 saturated carbocycles. The van der Waals surface area contributed by atoms with Crippen LogP contribution in [0.3, 0.4) is 0 Å². The Morgan fingerprint density at radius 1 is 1.14 bits per heavy atom. The number of anilines is 1. The molecule has 2 amide bonds. The molecule has 2 aliphatic heterocycles. The van der Waals surface area contributed by atoms with Gasteiger partial charge in [0.2, 0.25) is 11.8 Å². The summed E-state index contributed by atoms with van der Waals surface area (Å²) in [6, 6.07) is 12.7. The van der Waals surface area contributed by atoms with Crippen LogP contribution in [0.15, 0.2) is 42.5 Å². The van der Waals surface area contributed by atoms with Gasteiger partial charge in [0.05, 0.1) is 6.10 Å². The molecule has 4 rings (SSSR count). The van der Waals surface area contributed by atoms with Crippen LogP contribution in [0.2, 0.25) is 10.0 Å². The third-order valence-electron chi connectivity index (χ3n) is 5.60. The molecule has 0 unspecified atom stereocenters. The highest BCUT2D eigenvalue weighted by Gasteiger charge is 2.59. The second kappa shape index (κ2) is 7.39. The summed E-state index contributed by atoms with van der Waals surface area (Å²) < 4.78 is 6.05. The minimum atomic E-state index is -1.07. The summed E-state index contributed by atoms with van der Waals surface area (Å²) in [6.07, 6.45) is -0.380. The molecule has 0 aliphatic carbocycles. The molecule has 5 nitrogen and oxygen atoms in total. The normalized spacial score (nSPS) is 26.5. The number of rotatable bonds is 3. The number of benzene rings is 2. The van der Waals surface area contributed by atoms with Gasteiger partial charge < -0.3 is 15.4 Å². The van der Waals surface area contributed by atoms with Crippen LogP contribution < -0.4 is 10.6 Å². The second-order valence-corrected chi connectivity index (χ2v) is 7.95. The van der Waals surface area contributed by atoms with E-state index in [9.17, 15) is 9.59 Å². The minimum Gasteiger partial charge on any atom is -0.375 e. The predicted octanol–water partition coefficient (Wildman–Crippen LogP) is 3.89. The highest BCUT2D eigenvalue weighted by atomic mass is 35.5. The quantitative estimate of drug-likeness (QED) is 0.793. The Morgan fingerprint density at radius 2 is 1.93 bits per heavy atom.